The second-order valence-electron chi connectivity index (χ2n) is 3.62. The molecule has 0 radical (unpaired) electrons. The summed E-state index contributed by atoms with van der Waals surface area (Å²) in [6.45, 7) is 1.98. The molecule has 0 aromatic heterocycles. The van der Waals surface area contributed by atoms with Gasteiger partial charge in [-0.05, 0) is 31.4 Å². The summed E-state index contributed by atoms with van der Waals surface area (Å²) in [4.78, 5) is 10.5. The van der Waals surface area contributed by atoms with Crippen molar-refractivity contribution in [1.29, 1.82) is 0 Å². The van der Waals surface area contributed by atoms with Gasteiger partial charge in [0.05, 0.1) is 7.11 Å². The Hall–Kier alpha value is -1.03. The van der Waals surface area contributed by atoms with Gasteiger partial charge in [-0.1, -0.05) is 22.0 Å². The van der Waals surface area contributed by atoms with E-state index in [0.29, 0.717) is 12.8 Å². The number of carbonyl (C=O) groups is 1. The molecule has 0 fully saturated rings. The molecule has 1 rings (SSSR count). The first kappa shape index (κ1) is 13.0. The number of carboxylic acids is 1. The van der Waals surface area contributed by atoms with E-state index in [-0.39, 0.29) is 6.42 Å². The minimum Gasteiger partial charge on any atom is -0.496 e. The van der Waals surface area contributed by atoms with Crippen molar-refractivity contribution in [3.8, 4) is 5.75 Å². The molecule has 0 atom stereocenters. The van der Waals surface area contributed by atoms with E-state index in [2.05, 4.69) is 15.9 Å². The standard InChI is InChI=1S/C12H15BrO3/c1-8-6-7-10(13)9(12(8)16-2)4-3-5-11(14)15/h6-7H,3-5H2,1-2H3,(H,14,15). The van der Waals surface area contributed by atoms with Crippen molar-refractivity contribution in [2.75, 3.05) is 7.11 Å². The smallest absolute Gasteiger partial charge is 0.303 e. The lowest BCUT2D eigenvalue weighted by Gasteiger charge is -2.12. The van der Waals surface area contributed by atoms with Crippen LogP contribution in [0.5, 0.6) is 5.75 Å². The van der Waals surface area contributed by atoms with Gasteiger partial charge >= 0.3 is 5.97 Å². The molecular formula is C12H15BrO3. The Bertz CT molecular complexity index is 388. The fraction of sp³-hybridized carbons (Fsp3) is 0.417. The molecule has 0 unspecified atom stereocenters. The van der Waals surface area contributed by atoms with E-state index >= 15 is 0 Å². The molecule has 1 aromatic carbocycles. The Balaban J connectivity index is 2.84. The zero-order chi connectivity index (χ0) is 12.1. The first-order valence-corrected chi connectivity index (χ1v) is 5.89. The van der Waals surface area contributed by atoms with Crippen LogP contribution in [0.3, 0.4) is 0 Å². The molecule has 0 spiro atoms. The fourth-order valence-corrected chi connectivity index (χ4v) is 2.16. The van der Waals surface area contributed by atoms with E-state index < -0.39 is 5.97 Å². The van der Waals surface area contributed by atoms with E-state index in [9.17, 15) is 4.79 Å². The molecule has 0 amide bonds. The number of methoxy groups -OCH3 is 1. The lowest BCUT2D eigenvalue weighted by molar-refractivity contribution is -0.137. The summed E-state index contributed by atoms with van der Waals surface area (Å²) in [5.74, 6) is 0.0857. The van der Waals surface area contributed by atoms with Gasteiger partial charge in [-0.15, -0.1) is 0 Å². The molecule has 88 valence electrons. The first-order chi connectivity index (χ1) is 7.56. The van der Waals surface area contributed by atoms with Gasteiger partial charge in [0.1, 0.15) is 5.75 Å². The van der Waals surface area contributed by atoms with Crippen molar-refractivity contribution in [3.05, 3.63) is 27.7 Å². The molecule has 16 heavy (non-hydrogen) atoms. The van der Waals surface area contributed by atoms with E-state index in [1.165, 1.54) is 0 Å². The monoisotopic (exact) mass is 286 g/mol. The number of aryl methyl sites for hydroxylation is 1. The predicted molar refractivity (Wildman–Crippen MR) is 66.0 cm³/mol. The van der Waals surface area contributed by atoms with Crippen LogP contribution in [0.2, 0.25) is 0 Å². The largest absolute Gasteiger partial charge is 0.496 e. The lowest BCUT2D eigenvalue weighted by Crippen LogP contribution is -1.99. The van der Waals surface area contributed by atoms with Crippen LogP contribution in [0, 0.1) is 6.92 Å². The third-order valence-corrected chi connectivity index (χ3v) is 3.16. The van der Waals surface area contributed by atoms with Crippen molar-refractivity contribution in [3.63, 3.8) is 0 Å². The second kappa shape index (κ2) is 5.89. The highest BCUT2D eigenvalue weighted by molar-refractivity contribution is 9.10. The number of hydrogen-bond donors (Lipinski definition) is 1. The summed E-state index contributed by atoms with van der Waals surface area (Å²) in [6.07, 6.45) is 1.51. The third kappa shape index (κ3) is 3.23. The third-order valence-electron chi connectivity index (χ3n) is 2.42. The lowest BCUT2D eigenvalue weighted by atomic mass is 10.0. The number of halogens is 1. The SMILES string of the molecule is COc1c(C)ccc(Br)c1CCCC(=O)O. The van der Waals surface area contributed by atoms with E-state index in [4.69, 9.17) is 9.84 Å². The zero-order valence-electron chi connectivity index (χ0n) is 9.42. The van der Waals surface area contributed by atoms with Gasteiger partial charge in [0, 0.05) is 16.5 Å². The highest BCUT2D eigenvalue weighted by Gasteiger charge is 2.10. The molecule has 0 saturated carbocycles. The Morgan fingerprint density at radius 2 is 2.19 bits per heavy atom. The molecular weight excluding hydrogens is 272 g/mol. The number of ether oxygens (including phenoxy) is 1. The molecule has 4 heteroatoms. The molecule has 0 aliphatic heterocycles. The van der Waals surface area contributed by atoms with Crippen LogP contribution < -0.4 is 4.74 Å². The normalized spacial score (nSPS) is 10.2. The number of rotatable bonds is 5. The van der Waals surface area contributed by atoms with Crippen molar-refractivity contribution < 1.29 is 14.6 Å². The Kier molecular flexibility index (Phi) is 4.80. The summed E-state index contributed by atoms with van der Waals surface area (Å²) < 4.78 is 6.31. The van der Waals surface area contributed by atoms with Gasteiger partial charge in [-0.3, -0.25) is 4.79 Å². The number of benzene rings is 1. The van der Waals surface area contributed by atoms with Crippen molar-refractivity contribution >= 4 is 21.9 Å². The average molecular weight is 287 g/mol. The van der Waals surface area contributed by atoms with E-state index in [0.717, 1.165) is 21.3 Å². The molecule has 1 aromatic rings. The van der Waals surface area contributed by atoms with Crippen LogP contribution in [0.4, 0.5) is 0 Å². The summed E-state index contributed by atoms with van der Waals surface area (Å²) in [5, 5.41) is 8.60. The maximum atomic E-state index is 10.5. The molecule has 0 saturated heterocycles. The van der Waals surface area contributed by atoms with Gasteiger partial charge < -0.3 is 9.84 Å². The van der Waals surface area contributed by atoms with Gasteiger partial charge in [-0.2, -0.15) is 0 Å². The number of hydrogen-bond acceptors (Lipinski definition) is 2. The van der Waals surface area contributed by atoms with Gasteiger partial charge in [-0.25, -0.2) is 0 Å². The van der Waals surface area contributed by atoms with Crippen LogP contribution in [0.15, 0.2) is 16.6 Å². The molecule has 1 N–H and O–H groups in total. The average Bonchev–Trinajstić information content (AvgIpc) is 2.23. The maximum absolute atomic E-state index is 10.5. The summed E-state index contributed by atoms with van der Waals surface area (Å²) in [6, 6.07) is 3.94. The van der Waals surface area contributed by atoms with Crippen molar-refractivity contribution in [2.24, 2.45) is 0 Å². The summed E-state index contributed by atoms with van der Waals surface area (Å²) in [5.41, 5.74) is 2.11. The van der Waals surface area contributed by atoms with Crippen LogP contribution in [-0.2, 0) is 11.2 Å². The van der Waals surface area contributed by atoms with Crippen LogP contribution in [0.25, 0.3) is 0 Å². The topological polar surface area (TPSA) is 46.5 Å². The van der Waals surface area contributed by atoms with E-state index in [1.807, 2.05) is 19.1 Å². The molecule has 0 aliphatic rings. The highest BCUT2D eigenvalue weighted by Crippen LogP contribution is 2.31. The Labute approximate surface area is 104 Å². The summed E-state index contributed by atoms with van der Waals surface area (Å²) >= 11 is 3.46. The highest BCUT2D eigenvalue weighted by atomic mass is 79.9. The number of carboxylic acid groups (broad SMARTS) is 1. The minimum atomic E-state index is -0.761. The van der Waals surface area contributed by atoms with Gasteiger partial charge in [0.25, 0.3) is 0 Å². The minimum absolute atomic E-state index is 0.184. The molecule has 0 heterocycles. The Morgan fingerprint density at radius 3 is 2.75 bits per heavy atom. The number of aliphatic carboxylic acids is 1. The second-order valence-corrected chi connectivity index (χ2v) is 4.48. The predicted octanol–water partition coefficient (Wildman–Crippen LogP) is 3.17. The molecule has 0 aliphatic carbocycles. The quantitative estimate of drug-likeness (QED) is 0.904. The first-order valence-electron chi connectivity index (χ1n) is 5.10. The van der Waals surface area contributed by atoms with E-state index in [1.54, 1.807) is 7.11 Å². The maximum Gasteiger partial charge on any atom is 0.303 e. The fourth-order valence-electron chi connectivity index (χ4n) is 1.65. The van der Waals surface area contributed by atoms with Crippen LogP contribution >= 0.6 is 15.9 Å². The molecule has 3 nitrogen and oxygen atoms in total. The Morgan fingerprint density at radius 1 is 1.50 bits per heavy atom. The van der Waals surface area contributed by atoms with Gasteiger partial charge in [0.2, 0.25) is 0 Å². The van der Waals surface area contributed by atoms with Gasteiger partial charge in [0.15, 0.2) is 0 Å². The van der Waals surface area contributed by atoms with Crippen LogP contribution in [0.1, 0.15) is 24.0 Å². The summed E-state index contributed by atoms with van der Waals surface area (Å²) in [7, 11) is 1.63. The van der Waals surface area contributed by atoms with Crippen molar-refractivity contribution in [2.45, 2.75) is 26.2 Å². The molecule has 0 bridgehead atoms. The van der Waals surface area contributed by atoms with Crippen LogP contribution in [-0.4, -0.2) is 18.2 Å². The van der Waals surface area contributed by atoms with Crippen molar-refractivity contribution in [1.82, 2.24) is 0 Å². The zero-order valence-corrected chi connectivity index (χ0v) is 11.0.